The Kier molecular flexibility index (Phi) is 6.23. The van der Waals surface area contributed by atoms with E-state index in [-0.39, 0.29) is 17.9 Å². The number of hydrogen-bond acceptors (Lipinski definition) is 3. The monoisotopic (exact) mass is 332 g/mol. The van der Waals surface area contributed by atoms with Crippen molar-refractivity contribution in [1.82, 2.24) is 10.2 Å². The molecule has 2 rings (SSSR count). The Bertz CT molecular complexity index is 551. The van der Waals surface area contributed by atoms with E-state index >= 15 is 0 Å². The van der Waals surface area contributed by atoms with Crippen LogP contribution in [0.4, 0.5) is 4.79 Å². The van der Waals surface area contributed by atoms with Gasteiger partial charge in [0.2, 0.25) is 5.91 Å². The summed E-state index contributed by atoms with van der Waals surface area (Å²) in [4.78, 5) is 26.2. The molecule has 1 aliphatic heterocycles. The lowest BCUT2D eigenvalue weighted by atomic mass is 9.97. The van der Waals surface area contributed by atoms with Crippen LogP contribution in [0.15, 0.2) is 30.3 Å². The molecule has 0 spiro atoms. The predicted molar refractivity (Wildman–Crippen MR) is 93.7 cm³/mol. The molecule has 1 fully saturated rings. The van der Waals surface area contributed by atoms with Crippen LogP contribution < -0.4 is 5.32 Å². The van der Waals surface area contributed by atoms with Crippen LogP contribution in [0.3, 0.4) is 0 Å². The molecule has 1 aliphatic rings. The van der Waals surface area contributed by atoms with E-state index in [9.17, 15) is 9.59 Å². The van der Waals surface area contributed by atoms with Crippen molar-refractivity contribution in [2.75, 3.05) is 19.6 Å². The predicted octanol–water partition coefficient (Wildman–Crippen LogP) is 2.99. The fraction of sp³-hybridized carbons (Fsp3) is 0.579. The van der Waals surface area contributed by atoms with Crippen LogP contribution in [0.25, 0.3) is 0 Å². The Morgan fingerprint density at radius 1 is 1.25 bits per heavy atom. The van der Waals surface area contributed by atoms with Crippen molar-refractivity contribution >= 4 is 12.0 Å². The number of carbonyl (C=O) groups is 2. The number of rotatable bonds is 4. The van der Waals surface area contributed by atoms with E-state index in [1.807, 2.05) is 39.0 Å². The Morgan fingerprint density at radius 2 is 1.96 bits per heavy atom. The van der Waals surface area contributed by atoms with E-state index < -0.39 is 5.60 Å². The molecule has 1 N–H and O–H groups in total. The Morgan fingerprint density at radius 3 is 2.62 bits per heavy atom. The third-order valence-electron chi connectivity index (χ3n) is 4.00. The third-order valence-corrected chi connectivity index (χ3v) is 4.00. The van der Waals surface area contributed by atoms with Gasteiger partial charge in [-0.1, -0.05) is 30.3 Å². The number of hydrogen-bond donors (Lipinski definition) is 1. The molecule has 0 aliphatic carbocycles. The highest BCUT2D eigenvalue weighted by Gasteiger charge is 2.30. The van der Waals surface area contributed by atoms with Gasteiger partial charge in [-0.2, -0.15) is 0 Å². The molecule has 0 saturated carbocycles. The van der Waals surface area contributed by atoms with Gasteiger partial charge >= 0.3 is 6.09 Å². The highest BCUT2D eigenvalue weighted by molar-refractivity contribution is 5.80. The zero-order valence-electron chi connectivity index (χ0n) is 14.9. The highest BCUT2D eigenvalue weighted by atomic mass is 16.6. The summed E-state index contributed by atoms with van der Waals surface area (Å²) in [6.45, 7) is 7.26. The number of likely N-dealkylation sites (tertiary alicyclic amines) is 1. The minimum absolute atomic E-state index is 0.0270. The summed E-state index contributed by atoms with van der Waals surface area (Å²) in [6.07, 6.45) is 2.13. The molecule has 1 aromatic rings. The zero-order valence-corrected chi connectivity index (χ0v) is 14.9. The second kappa shape index (κ2) is 8.18. The molecule has 0 aromatic heterocycles. The lowest BCUT2D eigenvalue weighted by Crippen LogP contribution is -2.47. The lowest BCUT2D eigenvalue weighted by Gasteiger charge is -2.33. The standard InChI is InChI=1S/C19H28N2O3/c1-19(2,3)24-18(23)21-13-7-10-16(14-21)17(22)20-12-11-15-8-5-4-6-9-15/h4-6,8-9,16H,7,10-14H2,1-3H3,(H,20,22)/t16-/m0/s1. The lowest BCUT2D eigenvalue weighted by molar-refractivity contribution is -0.126. The van der Waals surface area contributed by atoms with Crippen molar-refractivity contribution in [1.29, 1.82) is 0 Å². The van der Waals surface area contributed by atoms with E-state index in [2.05, 4.69) is 17.4 Å². The molecular formula is C19H28N2O3. The molecular weight excluding hydrogens is 304 g/mol. The van der Waals surface area contributed by atoms with Crippen molar-refractivity contribution in [3.05, 3.63) is 35.9 Å². The molecule has 0 bridgehead atoms. The van der Waals surface area contributed by atoms with Crippen LogP contribution in [0.2, 0.25) is 0 Å². The maximum atomic E-state index is 12.4. The van der Waals surface area contributed by atoms with Crippen LogP contribution in [-0.4, -0.2) is 42.1 Å². The maximum Gasteiger partial charge on any atom is 0.410 e. The first-order valence-corrected chi connectivity index (χ1v) is 8.65. The van der Waals surface area contributed by atoms with Crippen molar-refractivity contribution in [3.63, 3.8) is 0 Å². The number of benzene rings is 1. The molecule has 1 atom stereocenters. The SMILES string of the molecule is CC(C)(C)OC(=O)N1CCC[C@H](C(=O)NCCc2ccccc2)C1. The fourth-order valence-electron chi connectivity index (χ4n) is 2.80. The summed E-state index contributed by atoms with van der Waals surface area (Å²) in [5.41, 5.74) is 0.693. The van der Waals surface area contributed by atoms with Gasteiger partial charge in [-0.3, -0.25) is 4.79 Å². The van der Waals surface area contributed by atoms with E-state index in [1.54, 1.807) is 4.90 Å². The van der Waals surface area contributed by atoms with Crippen molar-refractivity contribution in [2.24, 2.45) is 5.92 Å². The molecule has 0 radical (unpaired) electrons. The van der Waals surface area contributed by atoms with Gasteiger partial charge in [0.15, 0.2) is 0 Å². The minimum atomic E-state index is -0.512. The summed E-state index contributed by atoms with van der Waals surface area (Å²) in [5.74, 6) is -0.124. The number of nitrogens with one attached hydrogen (secondary N) is 1. The van der Waals surface area contributed by atoms with Crippen molar-refractivity contribution in [2.45, 2.75) is 45.6 Å². The van der Waals surface area contributed by atoms with Crippen LogP contribution in [0, 0.1) is 5.92 Å². The molecule has 1 heterocycles. The van der Waals surface area contributed by atoms with Crippen LogP contribution in [0.1, 0.15) is 39.2 Å². The maximum absolute atomic E-state index is 12.4. The molecule has 5 heteroatoms. The summed E-state index contributed by atoms with van der Waals surface area (Å²) < 4.78 is 5.40. The Hall–Kier alpha value is -2.04. The van der Waals surface area contributed by atoms with Gasteiger partial charge in [-0.25, -0.2) is 4.79 Å². The normalized spacial score (nSPS) is 18.1. The average molecular weight is 332 g/mol. The van der Waals surface area contributed by atoms with Crippen molar-refractivity contribution in [3.8, 4) is 0 Å². The Labute approximate surface area is 144 Å². The molecule has 5 nitrogen and oxygen atoms in total. The number of ether oxygens (including phenoxy) is 1. The molecule has 1 saturated heterocycles. The number of nitrogens with zero attached hydrogens (tertiary/aromatic N) is 1. The minimum Gasteiger partial charge on any atom is -0.444 e. The second-order valence-electron chi connectivity index (χ2n) is 7.29. The smallest absolute Gasteiger partial charge is 0.410 e. The Balaban J connectivity index is 1.78. The average Bonchev–Trinajstić information content (AvgIpc) is 2.54. The van der Waals surface area contributed by atoms with E-state index in [1.165, 1.54) is 5.56 Å². The van der Waals surface area contributed by atoms with E-state index in [0.29, 0.717) is 19.6 Å². The van der Waals surface area contributed by atoms with Crippen molar-refractivity contribution < 1.29 is 14.3 Å². The second-order valence-corrected chi connectivity index (χ2v) is 7.29. The van der Waals surface area contributed by atoms with Gasteiger partial charge in [-0.05, 0) is 45.6 Å². The summed E-state index contributed by atoms with van der Waals surface area (Å²) >= 11 is 0. The molecule has 0 unspecified atom stereocenters. The number of piperidine rings is 1. The molecule has 132 valence electrons. The zero-order chi connectivity index (χ0) is 17.6. The number of amides is 2. The first-order chi connectivity index (χ1) is 11.3. The van der Waals surface area contributed by atoms with Gasteiger partial charge in [0.1, 0.15) is 5.60 Å². The van der Waals surface area contributed by atoms with Crippen LogP contribution >= 0.6 is 0 Å². The largest absolute Gasteiger partial charge is 0.444 e. The first-order valence-electron chi connectivity index (χ1n) is 8.65. The van der Waals surface area contributed by atoms with Gasteiger partial charge < -0.3 is 15.0 Å². The van der Waals surface area contributed by atoms with E-state index in [0.717, 1.165) is 19.3 Å². The van der Waals surface area contributed by atoms with Crippen LogP contribution in [-0.2, 0) is 16.0 Å². The fourth-order valence-corrected chi connectivity index (χ4v) is 2.80. The molecule has 2 amide bonds. The highest BCUT2D eigenvalue weighted by Crippen LogP contribution is 2.19. The quantitative estimate of drug-likeness (QED) is 0.922. The molecule has 24 heavy (non-hydrogen) atoms. The topological polar surface area (TPSA) is 58.6 Å². The van der Waals surface area contributed by atoms with Gasteiger partial charge in [0.25, 0.3) is 0 Å². The summed E-state index contributed by atoms with van der Waals surface area (Å²) in [7, 11) is 0. The molecule has 1 aromatic carbocycles. The number of carbonyl (C=O) groups excluding carboxylic acids is 2. The van der Waals surface area contributed by atoms with Gasteiger partial charge in [-0.15, -0.1) is 0 Å². The van der Waals surface area contributed by atoms with Crippen LogP contribution in [0.5, 0.6) is 0 Å². The van der Waals surface area contributed by atoms with Gasteiger partial charge in [0.05, 0.1) is 5.92 Å². The third kappa shape index (κ3) is 5.87. The first kappa shape index (κ1) is 18.3. The van der Waals surface area contributed by atoms with E-state index in [4.69, 9.17) is 4.74 Å². The van der Waals surface area contributed by atoms with Gasteiger partial charge in [0, 0.05) is 19.6 Å². The summed E-state index contributed by atoms with van der Waals surface area (Å²) in [6, 6.07) is 10.1. The summed E-state index contributed by atoms with van der Waals surface area (Å²) in [5, 5.41) is 2.99.